The molecule has 2 aromatic heterocycles. The van der Waals surface area contributed by atoms with Crippen molar-refractivity contribution in [2.45, 2.75) is 63.6 Å². The average molecular weight is 343 g/mol. The summed E-state index contributed by atoms with van der Waals surface area (Å²) < 4.78 is 7.27. The molecule has 1 N–H and O–H groups in total. The molecule has 1 saturated carbocycles. The zero-order valence-electron chi connectivity index (χ0n) is 14.4. The Hall–Kier alpha value is -2.31. The SMILES string of the molecule is O=C(NCc1cc(C2CC2)on1)N1CCCC[C@@H]1CCn1cccn1. The number of nitrogens with one attached hydrogen (secondary N) is 1. The molecule has 0 bridgehead atoms. The van der Waals surface area contributed by atoms with Crippen LogP contribution in [-0.4, -0.2) is 38.5 Å². The molecule has 2 amide bonds. The molecule has 2 aromatic rings. The third-order valence-electron chi connectivity index (χ3n) is 5.12. The summed E-state index contributed by atoms with van der Waals surface area (Å²) in [5, 5.41) is 11.3. The first-order valence-corrected chi connectivity index (χ1v) is 9.27. The summed E-state index contributed by atoms with van der Waals surface area (Å²) in [6, 6.07) is 4.18. The quantitative estimate of drug-likeness (QED) is 0.875. The van der Waals surface area contributed by atoms with Crippen molar-refractivity contribution in [3.8, 4) is 0 Å². The normalized spacial score (nSPS) is 20.6. The number of nitrogens with zero attached hydrogens (tertiary/aromatic N) is 4. The molecule has 3 heterocycles. The van der Waals surface area contributed by atoms with E-state index in [1.54, 1.807) is 6.20 Å². The standard InChI is InChI=1S/C18H25N5O2/c24-18(19-13-15-12-17(25-21-15)14-5-6-14)23-10-2-1-4-16(23)7-11-22-9-3-8-20-22/h3,8-9,12,14,16H,1-2,4-7,10-11,13H2,(H,19,24)/t16-/m1/s1. The van der Waals surface area contributed by atoms with Crippen molar-refractivity contribution >= 4 is 6.03 Å². The maximum absolute atomic E-state index is 12.6. The van der Waals surface area contributed by atoms with Crippen LogP contribution in [0.2, 0.25) is 0 Å². The van der Waals surface area contributed by atoms with Gasteiger partial charge in [-0.3, -0.25) is 4.68 Å². The number of carbonyl (C=O) groups excluding carboxylic acids is 1. The number of urea groups is 1. The molecule has 4 rings (SSSR count). The maximum Gasteiger partial charge on any atom is 0.317 e. The molecule has 0 radical (unpaired) electrons. The highest BCUT2D eigenvalue weighted by molar-refractivity contribution is 5.74. The fourth-order valence-corrected chi connectivity index (χ4v) is 3.52. The predicted octanol–water partition coefficient (Wildman–Crippen LogP) is 2.90. The van der Waals surface area contributed by atoms with Gasteiger partial charge in [-0.05, 0) is 44.6 Å². The first kappa shape index (κ1) is 16.2. The Labute approximate surface area is 147 Å². The van der Waals surface area contributed by atoms with E-state index in [9.17, 15) is 4.79 Å². The van der Waals surface area contributed by atoms with Crippen LogP contribution in [0.25, 0.3) is 0 Å². The zero-order valence-corrected chi connectivity index (χ0v) is 14.4. The topological polar surface area (TPSA) is 76.2 Å². The number of piperidine rings is 1. The number of hydrogen-bond donors (Lipinski definition) is 1. The smallest absolute Gasteiger partial charge is 0.317 e. The van der Waals surface area contributed by atoms with E-state index in [4.69, 9.17) is 4.52 Å². The number of amides is 2. The molecule has 1 atom stereocenters. The monoisotopic (exact) mass is 343 g/mol. The van der Waals surface area contributed by atoms with Gasteiger partial charge in [0.05, 0.1) is 6.54 Å². The first-order valence-electron chi connectivity index (χ1n) is 9.27. The van der Waals surface area contributed by atoms with Crippen LogP contribution in [0.3, 0.4) is 0 Å². The highest BCUT2D eigenvalue weighted by atomic mass is 16.5. The number of aryl methyl sites for hydroxylation is 1. The van der Waals surface area contributed by atoms with Crippen LogP contribution in [-0.2, 0) is 13.1 Å². The fourth-order valence-electron chi connectivity index (χ4n) is 3.52. The Kier molecular flexibility index (Phi) is 4.72. The summed E-state index contributed by atoms with van der Waals surface area (Å²) in [5.74, 6) is 1.50. The van der Waals surface area contributed by atoms with Crippen molar-refractivity contribution in [1.82, 2.24) is 25.2 Å². The molecule has 1 aliphatic heterocycles. The highest BCUT2D eigenvalue weighted by Gasteiger charge is 2.29. The van der Waals surface area contributed by atoms with Gasteiger partial charge in [0, 0.05) is 43.5 Å². The maximum atomic E-state index is 12.6. The molecular weight excluding hydrogens is 318 g/mol. The highest BCUT2D eigenvalue weighted by Crippen LogP contribution is 2.40. The van der Waals surface area contributed by atoms with E-state index in [1.807, 2.05) is 27.9 Å². The number of hydrogen-bond acceptors (Lipinski definition) is 4. The minimum Gasteiger partial charge on any atom is -0.361 e. The van der Waals surface area contributed by atoms with Crippen molar-refractivity contribution in [1.29, 1.82) is 0 Å². The Morgan fingerprint density at radius 1 is 1.32 bits per heavy atom. The van der Waals surface area contributed by atoms with Crippen LogP contribution in [0.5, 0.6) is 0 Å². The van der Waals surface area contributed by atoms with Crippen LogP contribution in [0.1, 0.15) is 55.9 Å². The lowest BCUT2D eigenvalue weighted by molar-refractivity contribution is 0.142. The average Bonchev–Trinajstić information content (AvgIpc) is 3.16. The van der Waals surface area contributed by atoms with Gasteiger partial charge in [-0.2, -0.15) is 5.10 Å². The largest absolute Gasteiger partial charge is 0.361 e. The zero-order chi connectivity index (χ0) is 17.1. The Balaban J connectivity index is 1.30. The van der Waals surface area contributed by atoms with Gasteiger partial charge in [-0.1, -0.05) is 5.16 Å². The van der Waals surface area contributed by atoms with Crippen LogP contribution < -0.4 is 5.32 Å². The van der Waals surface area contributed by atoms with E-state index in [0.717, 1.165) is 43.8 Å². The number of aromatic nitrogens is 3. The number of likely N-dealkylation sites (tertiary alicyclic amines) is 1. The molecule has 134 valence electrons. The molecule has 7 heteroatoms. The van der Waals surface area contributed by atoms with Crippen molar-refractivity contribution in [2.75, 3.05) is 6.54 Å². The summed E-state index contributed by atoms with van der Waals surface area (Å²) in [7, 11) is 0. The molecule has 2 aliphatic rings. The molecule has 0 aromatic carbocycles. The van der Waals surface area contributed by atoms with E-state index in [2.05, 4.69) is 15.6 Å². The van der Waals surface area contributed by atoms with Crippen molar-refractivity contribution in [3.05, 3.63) is 36.0 Å². The summed E-state index contributed by atoms with van der Waals surface area (Å²) in [4.78, 5) is 14.6. The molecular formula is C18H25N5O2. The number of rotatable bonds is 6. The van der Waals surface area contributed by atoms with Crippen LogP contribution in [0.4, 0.5) is 4.79 Å². The third kappa shape index (κ3) is 4.03. The van der Waals surface area contributed by atoms with Gasteiger partial charge in [-0.15, -0.1) is 0 Å². The van der Waals surface area contributed by atoms with Crippen LogP contribution in [0.15, 0.2) is 29.0 Å². The summed E-state index contributed by atoms with van der Waals surface area (Å²) >= 11 is 0. The van der Waals surface area contributed by atoms with Gasteiger partial charge in [0.15, 0.2) is 0 Å². The predicted molar refractivity (Wildman–Crippen MR) is 91.9 cm³/mol. The molecule has 7 nitrogen and oxygen atoms in total. The minimum absolute atomic E-state index is 0.00105. The van der Waals surface area contributed by atoms with Gasteiger partial charge in [0.1, 0.15) is 11.5 Å². The van der Waals surface area contributed by atoms with E-state index < -0.39 is 0 Å². The summed E-state index contributed by atoms with van der Waals surface area (Å²) in [6.07, 6.45) is 10.4. The fraction of sp³-hybridized carbons (Fsp3) is 0.611. The Morgan fingerprint density at radius 2 is 2.24 bits per heavy atom. The van der Waals surface area contributed by atoms with E-state index in [0.29, 0.717) is 12.5 Å². The second kappa shape index (κ2) is 7.29. The first-order chi connectivity index (χ1) is 12.3. The van der Waals surface area contributed by atoms with E-state index in [1.165, 1.54) is 19.3 Å². The van der Waals surface area contributed by atoms with E-state index in [-0.39, 0.29) is 12.1 Å². The van der Waals surface area contributed by atoms with Gasteiger partial charge < -0.3 is 14.7 Å². The molecule has 2 fully saturated rings. The number of carbonyl (C=O) groups is 1. The second-order valence-electron chi connectivity index (χ2n) is 7.05. The molecule has 1 aliphatic carbocycles. The third-order valence-corrected chi connectivity index (χ3v) is 5.12. The Morgan fingerprint density at radius 3 is 3.04 bits per heavy atom. The van der Waals surface area contributed by atoms with Crippen molar-refractivity contribution in [2.24, 2.45) is 0 Å². The van der Waals surface area contributed by atoms with Crippen LogP contribution in [0, 0.1) is 0 Å². The molecule has 1 saturated heterocycles. The van der Waals surface area contributed by atoms with Gasteiger partial charge in [0.25, 0.3) is 0 Å². The van der Waals surface area contributed by atoms with Gasteiger partial charge in [-0.25, -0.2) is 4.79 Å². The summed E-state index contributed by atoms with van der Waals surface area (Å²) in [6.45, 7) is 2.09. The van der Waals surface area contributed by atoms with Crippen LogP contribution >= 0.6 is 0 Å². The van der Waals surface area contributed by atoms with Gasteiger partial charge in [0.2, 0.25) is 0 Å². The van der Waals surface area contributed by atoms with Crippen molar-refractivity contribution in [3.63, 3.8) is 0 Å². The second-order valence-corrected chi connectivity index (χ2v) is 7.05. The Bertz CT molecular complexity index is 692. The molecule has 0 spiro atoms. The van der Waals surface area contributed by atoms with E-state index >= 15 is 0 Å². The molecule has 25 heavy (non-hydrogen) atoms. The molecule has 0 unspecified atom stereocenters. The van der Waals surface area contributed by atoms with Gasteiger partial charge >= 0.3 is 6.03 Å². The lowest BCUT2D eigenvalue weighted by atomic mass is 10.00. The van der Waals surface area contributed by atoms with Crippen molar-refractivity contribution < 1.29 is 9.32 Å². The lowest BCUT2D eigenvalue weighted by Crippen LogP contribution is -2.48. The summed E-state index contributed by atoms with van der Waals surface area (Å²) in [5.41, 5.74) is 0.806. The lowest BCUT2D eigenvalue weighted by Gasteiger charge is -2.35. The minimum atomic E-state index is 0.00105.